The first-order valence-electron chi connectivity index (χ1n) is 10.9. The van der Waals surface area contributed by atoms with Crippen molar-refractivity contribution >= 4 is 33.4 Å². The second-order valence-corrected chi connectivity index (χ2v) is 9.13. The van der Waals surface area contributed by atoms with Crippen LogP contribution in [0.15, 0.2) is 40.4 Å². The molecule has 1 amide bonds. The van der Waals surface area contributed by atoms with Gasteiger partial charge in [0.15, 0.2) is 23.0 Å². The van der Waals surface area contributed by atoms with E-state index in [4.69, 9.17) is 14.2 Å². The van der Waals surface area contributed by atoms with Crippen molar-refractivity contribution in [2.75, 3.05) is 48.5 Å². The number of benzene rings is 2. The lowest BCUT2D eigenvalue weighted by Gasteiger charge is -2.26. The molecule has 0 aromatic heterocycles. The summed E-state index contributed by atoms with van der Waals surface area (Å²) >= 11 is 3.31. The van der Waals surface area contributed by atoms with Crippen LogP contribution in [0, 0.1) is 0 Å². The summed E-state index contributed by atoms with van der Waals surface area (Å²) in [4.78, 5) is 29.8. The van der Waals surface area contributed by atoms with Crippen molar-refractivity contribution in [3.05, 3.63) is 51.5 Å². The summed E-state index contributed by atoms with van der Waals surface area (Å²) in [5.74, 6) is -0.971. The molecular weight excluding hydrogens is 520 g/mol. The van der Waals surface area contributed by atoms with Gasteiger partial charge in [-0.15, -0.1) is 0 Å². The second-order valence-electron chi connectivity index (χ2n) is 8.27. The molecule has 1 aliphatic heterocycles. The van der Waals surface area contributed by atoms with E-state index in [0.29, 0.717) is 40.1 Å². The number of hydrogen-bond donors (Lipinski definition) is 2. The molecule has 0 spiro atoms. The van der Waals surface area contributed by atoms with Crippen LogP contribution in [0.5, 0.6) is 23.0 Å². The summed E-state index contributed by atoms with van der Waals surface area (Å²) in [6.07, 6.45) is 0.614. The standard InChI is InChI=1S/C25H29BrN2O7/c1-27(2)9-6-10-28-21(15-11-16(26)23(30)19(13-15)35-5)20(24(31)25(28)32)22(29)14-7-8-17(33-3)18(12-14)34-4/h7-8,11-13,21,29-30H,6,9-10H2,1-5H3/b22-20-. The van der Waals surface area contributed by atoms with E-state index in [0.717, 1.165) is 0 Å². The topological polar surface area (TPSA) is 109 Å². The number of halogens is 1. The van der Waals surface area contributed by atoms with Crippen molar-refractivity contribution < 1.29 is 34.0 Å². The lowest BCUT2D eigenvalue weighted by Crippen LogP contribution is -2.32. The Morgan fingerprint density at radius 2 is 1.69 bits per heavy atom. The normalized spacial score (nSPS) is 17.2. The van der Waals surface area contributed by atoms with Gasteiger partial charge in [-0.2, -0.15) is 0 Å². The number of carbonyl (C=O) groups excluding carboxylic acids is 2. The fraction of sp³-hybridized carbons (Fsp3) is 0.360. The maximum Gasteiger partial charge on any atom is 0.295 e. The number of ketones is 1. The molecule has 1 fully saturated rings. The molecule has 2 N–H and O–H groups in total. The van der Waals surface area contributed by atoms with Crippen molar-refractivity contribution in [2.45, 2.75) is 12.5 Å². The van der Waals surface area contributed by atoms with Gasteiger partial charge in [0.1, 0.15) is 5.76 Å². The van der Waals surface area contributed by atoms with Crippen LogP contribution >= 0.6 is 15.9 Å². The molecule has 1 saturated heterocycles. The predicted octanol–water partition coefficient (Wildman–Crippen LogP) is 3.55. The zero-order chi connectivity index (χ0) is 25.9. The summed E-state index contributed by atoms with van der Waals surface area (Å²) < 4.78 is 16.2. The van der Waals surface area contributed by atoms with Crippen LogP contribution in [0.3, 0.4) is 0 Å². The van der Waals surface area contributed by atoms with Crippen LogP contribution in [0.2, 0.25) is 0 Å². The summed E-state index contributed by atoms with van der Waals surface area (Å²) in [6, 6.07) is 7.00. The maximum absolute atomic E-state index is 13.2. The van der Waals surface area contributed by atoms with E-state index in [1.807, 2.05) is 19.0 Å². The third kappa shape index (κ3) is 5.23. The highest BCUT2D eigenvalue weighted by Gasteiger charge is 2.46. The molecule has 0 aliphatic carbocycles. The molecule has 188 valence electrons. The van der Waals surface area contributed by atoms with Crippen molar-refractivity contribution in [2.24, 2.45) is 0 Å². The third-order valence-electron chi connectivity index (χ3n) is 5.79. The lowest BCUT2D eigenvalue weighted by atomic mass is 9.94. The van der Waals surface area contributed by atoms with E-state index in [1.54, 1.807) is 24.3 Å². The highest BCUT2D eigenvalue weighted by atomic mass is 79.9. The van der Waals surface area contributed by atoms with Gasteiger partial charge in [-0.3, -0.25) is 9.59 Å². The molecule has 9 nitrogen and oxygen atoms in total. The second kappa shape index (κ2) is 11.0. The highest BCUT2D eigenvalue weighted by Crippen LogP contribution is 2.44. The minimum Gasteiger partial charge on any atom is -0.507 e. The van der Waals surface area contributed by atoms with E-state index in [2.05, 4.69) is 15.9 Å². The molecule has 2 aromatic carbocycles. The predicted molar refractivity (Wildman–Crippen MR) is 134 cm³/mol. The van der Waals surface area contributed by atoms with Crippen LogP contribution in [0.4, 0.5) is 0 Å². The van der Waals surface area contributed by atoms with Crippen molar-refractivity contribution in [3.8, 4) is 23.0 Å². The van der Waals surface area contributed by atoms with E-state index >= 15 is 0 Å². The van der Waals surface area contributed by atoms with Gasteiger partial charge in [-0.1, -0.05) is 0 Å². The van der Waals surface area contributed by atoms with E-state index < -0.39 is 17.7 Å². The van der Waals surface area contributed by atoms with E-state index in [-0.39, 0.29) is 29.4 Å². The number of phenols is 1. The number of carbonyl (C=O) groups is 2. The largest absolute Gasteiger partial charge is 0.507 e. The minimum atomic E-state index is -0.893. The van der Waals surface area contributed by atoms with Crippen LogP contribution in [-0.4, -0.2) is 80.2 Å². The number of aliphatic hydroxyl groups excluding tert-OH is 1. The number of ether oxygens (including phenoxy) is 3. The van der Waals surface area contributed by atoms with Crippen LogP contribution in [-0.2, 0) is 9.59 Å². The smallest absolute Gasteiger partial charge is 0.295 e. The van der Waals surface area contributed by atoms with E-state index in [1.165, 1.54) is 32.3 Å². The zero-order valence-corrected chi connectivity index (χ0v) is 21.9. The summed E-state index contributed by atoms with van der Waals surface area (Å²) in [7, 11) is 8.20. The fourth-order valence-electron chi connectivity index (χ4n) is 4.06. The first-order chi connectivity index (χ1) is 16.6. The number of aromatic hydroxyl groups is 1. The number of rotatable bonds is 9. The number of phenolic OH excluding ortho intramolecular Hbond substituents is 1. The van der Waals surface area contributed by atoms with Crippen LogP contribution < -0.4 is 14.2 Å². The number of hydrogen-bond acceptors (Lipinski definition) is 8. The SMILES string of the molecule is COc1ccc(/C(O)=C2/C(=O)C(=O)N(CCCN(C)C)C2c2cc(Br)c(O)c(OC)c2)cc1OC. The third-order valence-corrected chi connectivity index (χ3v) is 6.39. The van der Waals surface area contributed by atoms with Crippen molar-refractivity contribution in [3.63, 3.8) is 0 Å². The number of likely N-dealkylation sites (tertiary alicyclic amines) is 1. The van der Waals surface area contributed by atoms with Gasteiger partial charge in [0.05, 0.1) is 37.4 Å². The molecule has 1 heterocycles. The van der Waals surface area contributed by atoms with Crippen molar-refractivity contribution in [1.82, 2.24) is 9.80 Å². The summed E-state index contributed by atoms with van der Waals surface area (Å²) in [5, 5.41) is 21.6. The van der Waals surface area contributed by atoms with Gasteiger partial charge >= 0.3 is 0 Å². The lowest BCUT2D eigenvalue weighted by molar-refractivity contribution is -0.139. The first kappa shape index (κ1) is 26.4. The number of aliphatic hydroxyl groups is 1. The summed E-state index contributed by atoms with van der Waals surface area (Å²) in [6.45, 7) is 0.991. The minimum absolute atomic E-state index is 0.0632. The van der Waals surface area contributed by atoms with Gasteiger partial charge in [0.2, 0.25) is 0 Å². The van der Waals surface area contributed by atoms with Gasteiger partial charge in [-0.25, -0.2) is 0 Å². The molecule has 1 unspecified atom stereocenters. The fourth-order valence-corrected chi connectivity index (χ4v) is 4.52. The Morgan fingerprint density at radius 3 is 2.29 bits per heavy atom. The molecule has 1 atom stereocenters. The summed E-state index contributed by atoms with van der Waals surface area (Å²) in [5.41, 5.74) is 0.730. The maximum atomic E-state index is 13.2. The van der Waals surface area contributed by atoms with Gasteiger partial charge in [0, 0.05) is 12.1 Å². The Hall–Kier alpha value is -3.24. The highest BCUT2D eigenvalue weighted by molar-refractivity contribution is 9.10. The van der Waals surface area contributed by atoms with Crippen LogP contribution in [0.25, 0.3) is 5.76 Å². The Morgan fingerprint density at radius 1 is 1.03 bits per heavy atom. The Balaban J connectivity index is 2.20. The Bertz CT molecular complexity index is 1160. The molecule has 1 aliphatic rings. The molecule has 3 rings (SSSR count). The van der Waals surface area contributed by atoms with Crippen LogP contribution in [0.1, 0.15) is 23.6 Å². The average molecular weight is 549 g/mol. The zero-order valence-electron chi connectivity index (χ0n) is 20.3. The quantitative estimate of drug-likeness (QED) is 0.278. The Kier molecular flexibility index (Phi) is 8.29. The molecule has 0 saturated carbocycles. The molecule has 0 bridgehead atoms. The first-order valence-corrected chi connectivity index (χ1v) is 11.7. The number of Topliss-reactive ketones (excluding diaryl/α,β-unsaturated/α-hetero) is 1. The number of nitrogens with zero attached hydrogens (tertiary/aromatic N) is 2. The molecule has 2 aromatic rings. The Labute approximate surface area is 212 Å². The molecule has 10 heteroatoms. The monoisotopic (exact) mass is 548 g/mol. The van der Waals surface area contributed by atoms with Gasteiger partial charge < -0.3 is 34.2 Å². The van der Waals surface area contributed by atoms with Gasteiger partial charge in [-0.05, 0) is 78.9 Å². The number of methoxy groups -OCH3 is 3. The number of amides is 1. The van der Waals surface area contributed by atoms with E-state index in [9.17, 15) is 19.8 Å². The molecule has 35 heavy (non-hydrogen) atoms. The average Bonchev–Trinajstić information content (AvgIpc) is 3.09. The van der Waals surface area contributed by atoms with Crippen molar-refractivity contribution in [1.29, 1.82) is 0 Å². The van der Waals surface area contributed by atoms with Gasteiger partial charge in [0.25, 0.3) is 11.7 Å². The molecular formula is C25H29BrN2O7. The molecule has 0 radical (unpaired) electrons.